The number of hydrogen-bond donors (Lipinski definition) is 0. The van der Waals surface area contributed by atoms with Gasteiger partial charge in [0.15, 0.2) is 5.82 Å². The van der Waals surface area contributed by atoms with Gasteiger partial charge in [-0.1, -0.05) is 5.16 Å². The lowest BCUT2D eigenvalue weighted by Gasteiger charge is -1.84. The molecule has 1 aliphatic rings. The Labute approximate surface area is 69.7 Å². The molecule has 1 aromatic rings. The molecule has 0 N–H and O–H groups in total. The van der Waals surface area contributed by atoms with Crippen LogP contribution in [-0.4, -0.2) is 10.1 Å². The summed E-state index contributed by atoms with van der Waals surface area (Å²) in [6.45, 7) is 0. The van der Waals surface area contributed by atoms with E-state index in [2.05, 4.69) is 10.1 Å². The lowest BCUT2D eigenvalue weighted by molar-refractivity contribution is 0.383. The van der Waals surface area contributed by atoms with Crippen LogP contribution in [0.5, 0.6) is 0 Å². The van der Waals surface area contributed by atoms with Crippen molar-refractivity contribution in [1.82, 2.24) is 10.1 Å². The summed E-state index contributed by atoms with van der Waals surface area (Å²) < 4.78 is 4.85. The van der Waals surface area contributed by atoms with Crippen LogP contribution in [0.25, 0.3) is 0 Å². The Morgan fingerprint density at radius 2 is 2.36 bits per heavy atom. The first-order valence-corrected chi connectivity index (χ1v) is 4.29. The van der Waals surface area contributed by atoms with Crippen molar-refractivity contribution in [1.29, 1.82) is 0 Å². The highest BCUT2D eigenvalue weighted by molar-refractivity contribution is 6.16. The maximum Gasteiger partial charge on any atom is 0.241 e. The molecule has 0 spiro atoms. The van der Waals surface area contributed by atoms with Crippen LogP contribution in [0, 0.1) is 5.92 Å². The number of rotatable bonds is 3. The van der Waals surface area contributed by atoms with E-state index >= 15 is 0 Å². The van der Waals surface area contributed by atoms with Gasteiger partial charge in [0.1, 0.15) is 5.88 Å². The normalized spacial score (nSPS) is 17.2. The van der Waals surface area contributed by atoms with Gasteiger partial charge in [-0.2, -0.15) is 4.98 Å². The van der Waals surface area contributed by atoms with Crippen LogP contribution in [0.2, 0.25) is 0 Å². The Balaban J connectivity index is 1.99. The molecule has 1 fully saturated rings. The van der Waals surface area contributed by atoms with Gasteiger partial charge in [0.2, 0.25) is 5.89 Å². The third-order valence-electron chi connectivity index (χ3n) is 1.79. The maximum absolute atomic E-state index is 5.50. The van der Waals surface area contributed by atoms with Crippen LogP contribution in [0.1, 0.15) is 24.6 Å². The SMILES string of the molecule is ClCc1nc(CC2CC2)no1. The van der Waals surface area contributed by atoms with Crippen LogP contribution in [0.15, 0.2) is 4.52 Å². The van der Waals surface area contributed by atoms with Gasteiger partial charge in [-0.3, -0.25) is 0 Å². The van der Waals surface area contributed by atoms with E-state index in [4.69, 9.17) is 16.1 Å². The molecule has 1 aromatic heterocycles. The molecule has 0 unspecified atom stereocenters. The first kappa shape index (κ1) is 7.10. The molecule has 0 amide bonds. The number of halogens is 1. The van der Waals surface area contributed by atoms with Gasteiger partial charge < -0.3 is 4.52 Å². The molecule has 60 valence electrons. The van der Waals surface area contributed by atoms with Crippen LogP contribution in [-0.2, 0) is 12.3 Å². The Bertz CT molecular complexity index is 244. The van der Waals surface area contributed by atoms with Crippen LogP contribution in [0.4, 0.5) is 0 Å². The second kappa shape index (κ2) is 2.81. The van der Waals surface area contributed by atoms with Crippen molar-refractivity contribution in [2.75, 3.05) is 0 Å². The van der Waals surface area contributed by atoms with E-state index in [0.717, 1.165) is 18.2 Å². The number of hydrogen-bond acceptors (Lipinski definition) is 3. The van der Waals surface area contributed by atoms with Gasteiger partial charge in [0.25, 0.3) is 0 Å². The van der Waals surface area contributed by atoms with Crippen LogP contribution < -0.4 is 0 Å². The summed E-state index contributed by atoms with van der Waals surface area (Å²) in [7, 11) is 0. The molecule has 0 radical (unpaired) electrons. The number of nitrogens with zero attached hydrogens (tertiary/aromatic N) is 2. The quantitative estimate of drug-likeness (QED) is 0.653. The lowest BCUT2D eigenvalue weighted by atomic mass is 10.3. The fourth-order valence-corrected chi connectivity index (χ4v) is 1.12. The Hall–Kier alpha value is -0.570. The molecule has 3 nitrogen and oxygen atoms in total. The molecule has 4 heteroatoms. The molecule has 1 heterocycles. The minimum atomic E-state index is 0.317. The van der Waals surface area contributed by atoms with E-state index in [0.29, 0.717) is 11.8 Å². The van der Waals surface area contributed by atoms with Crippen molar-refractivity contribution in [2.24, 2.45) is 5.92 Å². The summed E-state index contributed by atoms with van der Waals surface area (Å²) in [6, 6.07) is 0. The van der Waals surface area contributed by atoms with Crippen molar-refractivity contribution in [3.05, 3.63) is 11.7 Å². The smallest absolute Gasteiger partial charge is 0.241 e. The number of alkyl halides is 1. The van der Waals surface area contributed by atoms with Crippen molar-refractivity contribution >= 4 is 11.6 Å². The third-order valence-corrected chi connectivity index (χ3v) is 2.02. The Kier molecular flexibility index (Phi) is 1.82. The minimum absolute atomic E-state index is 0.317. The molecule has 0 bridgehead atoms. The van der Waals surface area contributed by atoms with Crippen LogP contribution >= 0.6 is 11.6 Å². The van der Waals surface area contributed by atoms with E-state index < -0.39 is 0 Å². The molecular weight excluding hydrogens is 164 g/mol. The average molecular weight is 173 g/mol. The molecule has 11 heavy (non-hydrogen) atoms. The second-order valence-corrected chi connectivity index (χ2v) is 3.15. The molecule has 0 atom stereocenters. The zero-order valence-corrected chi connectivity index (χ0v) is 6.84. The first-order valence-electron chi connectivity index (χ1n) is 3.76. The zero-order chi connectivity index (χ0) is 7.68. The van der Waals surface area contributed by atoms with Gasteiger partial charge in [-0.25, -0.2) is 0 Å². The van der Waals surface area contributed by atoms with Gasteiger partial charge in [0, 0.05) is 6.42 Å². The minimum Gasteiger partial charge on any atom is -0.338 e. The molecule has 1 aliphatic carbocycles. The van der Waals surface area contributed by atoms with Gasteiger partial charge in [-0.15, -0.1) is 11.6 Å². The Morgan fingerprint density at radius 1 is 1.55 bits per heavy atom. The van der Waals surface area contributed by atoms with Crippen molar-refractivity contribution in [3.63, 3.8) is 0 Å². The van der Waals surface area contributed by atoms with E-state index in [1.165, 1.54) is 12.8 Å². The summed E-state index contributed by atoms with van der Waals surface area (Å²) >= 11 is 5.50. The predicted octanol–water partition coefficient (Wildman–Crippen LogP) is 1.76. The fourth-order valence-electron chi connectivity index (χ4n) is 1.01. The molecule has 2 rings (SSSR count). The summed E-state index contributed by atoms with van der Waals surface area (Å²) in [6.07, 6.45) is 3.58. The molecular formula is C7H9ClN2O. The standard InChI is InChI=1S/C7H9ClN2O/c8-4-7-9-6(10-11-7)3-5-1-2-5/h5H,1-4H2. The molecule has 1 saturated carbocycles. The van der Waals surface area contributed by atoms with Crippen molar-refractivity contribution < 1.29 is 4.52 Å². The summed E-state index contributed by atoms with van der Waals surface area (Å²) in [5.41, 5.74) is 0. The van der Waals surface area contributed by atoms with E-state index in [-0.39, 0.29) is 0 Å². The highest BCUT2D eigenvalue weighted by Gasteiger charge is 2.23. The largest absolute Gasteiger partial charge is 0.338 e. The predicted molar refractivity (Wildman–Crippen MR) is 40.3 cm³/mol. The van der Waals surface area contributed by atoms with Crippen LogP contribution in [0.3, 0.4) is 0 Å². The van der Waals surface area contributed by atoms with E-state index in [1.54, 1.807) is 0 Å². The molecule has 0 aliphatic heterocycles. The lowest BCUT2D eigenvalue weighted by Crippen LogP contribution is -1.89. The van der Waals surface area contributed by atoms with Gasteiger partial charge >= 0.3 is 0 Å². The monoisotopic (exact) mass is 172 g/mol. The third kappa shape index (κ3) is 1.71. The van der Waals surface area contributed by atoms with Gasteiger partial charge in [0.05, 0.1) is 0 Å². The van der Waals surface area contributed by atoms with Gasteiger partial charge in [-0.05, 0) is 18.8 Å². The topological polar surface area (TPSA) is 38.9 Å². The summed E-state index contributed by atoms with van der Waals surface area (Å²) in [5.74, 6) is 2.46. The van der Waals surface area contributed by atoms with Crippen molar-refractivity contribution in [3.8, 4) is 0 Å². The van der Waals surface area contributed by atoms with Crippen molar-refractivity contribution in [2.45, 2.75) is 25.1 Å². The average Bonchev–Trinajstić information content (AvgIpc) is 2.68. The molecule has 0 saturated heterocycles. The second-order valence-electron chi connectivity index (χ2n) is 2.89. The fraction of sp³-hybridized carbons (Fsp3) is 0.714. The summed E-state index contributed by atoms with van der Waals surface area (Å²) in [5, 5.41) is 3.80. The summed E-state index contributed by atoms with van der Waals surface area (Å²) in [4.78, 5) is 4.10. The zero-order valence-electron chi connectivity index (χ0n) is 6.09. The highest BCUT2D eigenvalue weighted by Crippen LogP contribution is 2.31. The van der Waals surface area contributed by atoms with E-state index in [1.807, 2.05) is 0 Å². The Morgan fingerprint density at radius 3 is 2.91 bits per heavy atom. The number of aromatic nitrogens is 2. The molecule has 0 aromatic carbocycles. The first-order chi connectivity index (χ1) is 5.38. The highest BCUT2D eigenvalue weighted by atomic mass is 35.5. The maximum atomic E-state index is 5.50. The van der Waals surface area contributed by atoms with E-state index in [9.17, 15) is 0 Å².